The van der Waals surface area contributed by atoms with Crippen LogP contribution in [-0.2, 0) is 4.79 Å². The Morgan fingerprint density at radius 2 is 2.13 bits per heavy atom. The molecule has 4 heteroatoms. The van der Waals surface area contributed by atoms with Gasteiger partial charge in [-0.3, -0.25) is 4.79 Å². The molecule has 1 atom stereocenters. The van der Waals surface area contributed by atoms with Gasteiger partial charge in [0.05, 0.1) is 10.9 Å². The van der Waals surface area contributed by atoms with Crippen molar-refractivity contribution in [3.05, 3.63) is 0 Å². The summed E-state index contributed by atoms with van der Waals surface area (Å²) in [6.07, 6.45) is 3.22. The van der Waals surface area contributed by atoms with Gasteiger partial charge in [-0.15, -0.1) is 0 Å². The standard InChI is InChI=1S/C11H20N2OS/c1-3-9(10(12)15)11(14)13(4-2)7-8-5-6-8/h8-9H,3-7H2,1-2H3,(H2,12,15). The first-order chi connectivity index (χ1) is 7.10. The fourth-order valence-corrected chi connectivity index (χ4v) is 1.97. The Kier molecular flexibility index (Phi) is 4.51. The van der Waals surface area contributed by atoms with Crippen molar-refractivity contribution in [2.45, 2.75) is 33.1 Å². The number of thiocarbonyl (C=S) groups is 1. The van der Waals surface area contributed by atoms with Gasteiger partial charge in [0, 0.05) is 13.1 Å². The molecule has 3 nitrogen and oxygen atoms in total. The normalized spacial score (nSPS) is 17.2. The van der Waals surface area contributed by atoms with E-state index in [4.69, 9.17) is 18.0 Å². The zero-order valence-corrected chi connectivity index (χ0v) is 10.3. The molecule has 1 aliphatic carbocycles. The third-order valence-electron chi connectivity index (χ3n) is 2.92. The van der Waals surface area contributed by atoms with E-state index < -0.39 is 0 Å². The van der Waals surface area contributed by atoms with Crippen LogP contribution in [0.3, 0.4) is 0 Å². The summed E-state index contributed by atoms with van der Waals surface area (Å²) in [6, 6.07) is 0. The molecule has 1 saturated carbocycles. The van der Waals surface area contributed by atoms with E-state index in [0.717, 1.165) is 19.0 Å². The van der Waals surface area contributed by atoms with Crippen LogP contribution in [0.1, 0.15) is 33.1 Å². The molecule has 1 amide bonds. The Morgan fingerprint density at radius 1 is 1.53 bits per heavy atom. The number of hydrogen-bond acceptors (Lipinski definition) is 2. The van der Waals surface area contributed by atoms with Crippen LogP contribution in [0.15, 0.2) is 0 Å². The topological polar surface area (TPSA) is 46.3 Å². The van der Waals surface area contributed by atoms with Crippen LogP contribution >= 0.6 is 12.2 Å². The Hall–Kier alpha value is -0.640. The van der Waals surface area contributed by atoms with Gasteiger partial charge in [-0.05, 0) is 32.1 Å². The first-order valence-electron chi connectivity index (χ1n) is 5.68. The average Bonchev–Trinajstić information content (AvgIpc) is 2.98. The summed E-state index contributed by atoms with van der Waals surface area (Å²) in [5.41, 5.74) is 5.57. The molecule has 1 rings (SSSR count). The van der Waals surface area contributed by atoms with Gasteiger partial charge in [0.15, 0.2) is 0 Å². The number of nitrogens with two attached hydrogens (primary N) is 1. The fourth-order valence-electron chi connectivity index (χ4n) is 1.70. The molecule has 0 saturated heterocycles. The summed E-state index contributed by atoms with van der Waals surface area (Å²) in [7, 11) is 0. The fraction of sp³-hybridized carbons (Fsp3) is 0.818. The monoisotopic (exact) mass is 228 g/mol. The molecule has 86 valence electrons. The van der Waals surface area contributed by atoms with E-state index >= 15 is 0 Å². The van der Waals surface area contributed by atoms with Crippen LogP contribution in [0.25, 0.3) is 0 Å². The van der Waals surface area contributed by atoms with Crippen molar-refractivity contribution in [3.8, 4) is 0 Å². The van der Waals surface area contributed by atoms with Gasteiger partial charge in [-0.25, -0.2) is 0 Å². The lowest BCUT2D eigenvalue weighted by atomic mass is 10.0. The second kappa shape index (κ2) is 5.45. The van der Waals surface area contributed by atoms with E-state index in [-0.39, 0.29) is 11.8 Å². The van der Waals surface area contributed by atoms with Crippen LogP contribution in [0, 0.1) is 11.8 Å². The molecule has 15 heavy (non-hydrogen) atoms. The lowest BCUT2D eigenvalue weighted by molar-refractivity contribution is -0.133. The lowest BCUT2D eigenvalue weighted by Gasteiger charge is -2.25. The Balaban J connectivity index is 2.56. The van der Waals surface area contributed by atoms with Crippen LogP contribution in [0.4, 0.5) is 0 Å². The van der Waals surface area contributed by atoms with E-state index in [9.17, 15) is 4.79 Å². The molecule has 0 aromatic carbocycles. The molecule has 0 aromatic rings. The number of carbonyl (C=O) groups excluding carboxylic acids is 1. The molecule has 0 bridgehead atoms. The van der Waals surface area contributed by atoms with Gasteiger partial charge in [-0.1, -0.05) is 19.1 Å². The third kappa shape index (κ3) is 3.45. The highest BCUT2D eigenvalue weighted by Gasteiger charge is 2.29. The molecule has 2 N–H and O–H groups in total. The highest BCUT2D eigenvalue weighted by atomic mass is 32.1. The lowest BCUT2D eigenvalue weighted by Crippen LogP contribution is -2.41. The van der Waals surface area contributed by atoms with Crippen molar-refractivity contribution in [2.75, 3.05) is 13.1 Å². The summed E-state index contributed by atoms with van der Waals surface area (Å²) in [5.74, 6) is 0.566. The van der Waals surface area contributed by atoms with E-state index in [1.807, 2.05) is 18.7 Å². The van der Waals surface area contributed by atoms with Crippen molar-refractivity contribution >= 4 is 23.1 Å². The Bertz CT molecular complexity index is 251. The zero-order valence-electron chi connectivity index (χ0n) is 9.53. The minimum absolute atomic E-state index is 0.111. The number of carbonyl (C=O) groups is 1. The van der Waals surface area contributed by atoms with Crippen LogP contribution in [0.2, 0.25) is 0 Å². The van der Waals surface area contributed by atoms with E-state index in [1.54, 1.807) is 0 Å². The summed E-state index contributed by atoms with van der Waals surface area (Å²) >= 11 is 4.92. The van der Waals surface area contributed by atoms with Gasteiger partial charge in [0.2, 0.25) is 5.91 Å². The van der Waals surface area contributed by atoms with Gasteiger partial charge in [0.25, 0.3) is 0 Å². The largest absolute Gasteiger partial charge is 0.393 e. The van der Waals surface area contributed by atoms with Gasteiger partial charge in [-0.2, -0.15) is 0 Å². The second-order valence-electron chi connectivity index (χ2n) is 4.18. The van der Waals surface area contributed by atoms with Crippen LogP contribution in [0.5, 0.6) is 0 Å². The number of nitrogens with zero attached hydrogens (tertiary/aromatic N) is 1. The van der Waals surface area contributed by atoms with Crippen molar-refractivity contribution < 1.29 is 4.79 Å². The van der Waals surface area contributed by atoms with E-state index in [2.05, 4.69) is 0 Å². The highest BCUT2D eigenvalue weighted by Crippen LogP contribution is 2.30. The Morgan fingerprint density at radius 3 is 2.47 bits per heavy atom. The minimum atomic E-state index is -0.265. The SMILES string of the molecule is CCC(C(=O)N(CC)CC1CC1)C(N)=S. The quantitative estimate of drug-likeness (QED) is 0.702. The molecule has 0 heterocycles. The molecule has 0 aromatic heterocycles. The average molecular weight is 228 g/mol. The maximum Gasteiger partial charge on any atom is 0.232 e. The van der Waals surface area contributed by atoms with Crippen LogP contribution in [-0.4, -0.2) is 28.9 Å². The summed E-state index contributed by atoms with van der Waals surface area (Å²) in [4.78, 5) is 14.3. The van der Waals surface area contributed by atoms with Gasteiger partial charge >= 0.3 is 0 Å². The van der Waals surface area contributed by atoms with Crippen molar-refractivity contribution in [3.63, 3.8) is 0 Å². The predicted molar refractivity (Wildman–Crippen MR) is 65.5 cm³/mol. The van der Waals surface area contributed by atoms with Crippen LogP contribution < -0.4 is 5.73 Å². The van der Waals surface area contributed by atoms with Gasteiger partial charge < -0.3 is 10.6 Å². The highest BCUT2D eigenvalue weighted by molar-refractivity contribution is 7.80. The summed E-state index contributed by atoms with van der Waals surface area (Å²) in [6.45, 7) is 5.60. The first-order valence-corrected chi connectivity index (χ1v) is 6.09. The predicted octanol–water partition coefficient (Wildman–Crippen LogP) is 1.56. The maximum atomic E-state index is 12.1. The zero-order chi connectivity index (χ0) is 11.4. The smallest absolute Gasteiger partial charge is 0.232 e. The molecule has 1 aliphatic rings. The first kappa shape index (κ1) is 12.4. The molecular weight excluding hydrogens is 208 g/mol. The molecule has 1 unspecified atom stereocenters. The van der Waals surface area contributed by atoms with Crippen molar-refractivity contribution in [1.82, 2.24) is 4.90 Å². The third-order valence-corrected chi connectivity index (χ3v) is 3.20. The van der Waals surface area contributed by atoms with Crippen molar-refractivity contribution in [2.24, 2.45) is 17.6 Å². The summed E-state index contributed by atoms with van der Waals surface area (Å²) in [5, 5.41) is 0. The summed E-state index contributed by atoms with van der Waals surface area (Å²) < 4.78 is 0. The number of rotatable bonds is 6. The molecule has 1 fully saturated rings. The molecule has 0 spiro atoms. The Labute approximate surface area is 97.0 Å². The molecular formula is C11H20N2OS. The van der Waals surface area contributed by atoms with E-state index in [1.165, 1.54) is 12.8 Å². The number of amides is 1. The second-order valence-corrected chi connectivity index (χ2v) is 4.65. The van der Waals surface area contributed by atoms with Crippen molar-refractivity contribution in [1.29, 1.82) is 0 Å². The minimum Gasteiger partial charge on any atom is -0.393 e. The molecule has 0 radical (unpaired) electrons. The van der Waals surface area contributed by atoms with Gasteiger partial charge in [0.1, 0.15) is 0 Å². The maximum absolute atomic E-state index is 12.1. The van der Waals surface area contributed by atoms with E-state index in [0.29, 0.717) is 11.4 Å². The number of hydrogen-bond donors (Lipinski definition) is 1. The molecule has 0 aliphatic heterocycles.